The summed E-state index contributed by atoms with van der Waals surface area (Å²) in [5.41, 5.74) is -15.3. The summed E-state index contributed by atoms with van der Waals surface area (Å²) in [4.78, 5) is 29.1. The van der Waals surface area contributed by atoms with E-state index < -0.39 is 81.5 Å². The molecule has 0 aliphatic heterocycles. The number of nitrogens with one attached hydrogen (secondary N) is 1. The number of nitrogens with zero attached hydrogens (tertiary/aromatic N) is 3. The first-order valence-electron chi connectivity index (χ1n) is 10.8. The number of alkyl halides is 10. The Hall–Kier alpha value is -3.98. The van der Waals surface area contributed by atoms with Gasteiger partial charge in [0.05, 0.1) is 49.8 Å². The van der Waals surface area contributed by atoms with Gasteiger partial charge in [-0.25, -0.2) is 17.7 Å². The summed E-state index contributed by atoms with van der Waals surface area (Å²) in [5.74, 6) is -4.47. The van der Waals surface area contributed by atoms with Crippen LogP contribution in [0, 0.1) is 17.1 Å². The molecule has 0 radical (unpaired) electrons. The molecule has 0 saturated carbocycles. The van der Waals surface area contributed by atoms with E-state index in [9.17, 15) is 58.8 Å². The lowest BCUT2D eigenvalue weighted by molar-refractivity contribution is -0.348. The van der Waals surface area contributed by atoms with Crippen molar-refractivity contribution in [1.29, 1.82) is 5.26 Å². The van der Waals surface area contributed by atoms with Gasteiger partial charge in [0, 0.05) is 11.8 Å². The molecule has 0 spiro atoms. The third kappa shape index (κ3) is 6.37. The molecule has 1 aromatic heterocycles. The summed E-state index contributed by atoms with van der Waals surface area (Å²) in [5, 5.41) is 11.3. The molecule has 0 aliphatic carbocycles. The number of benzene rings is 2. The fourth-order valence-corrected chi connectivity index (χ4v) is 4.12. The minimum absolute atomic E-state index is 0.0225. The zero-order valence-electron chi connectivity index (χ0n) is 20.2. The number of carbonyl (C=O) groups is 2. The fourth-order valence-electron chi connectivity index (χ4n) is 3.50. The topological polar surface area (TPSA) is 86.1 Å². The Morgan fingerprint density at radius 2 is 1.53 bits per heavy atom. The molecule has 0 saturated heterocycles. The first-order chi connectivity index (χ1) is 19.6. The van der Waals surface area contributed by atoms with Crippen LogP contribution in [0.25, 0.3) is 0 Å². The summed E-state index contributed by atoms with van der Waals surface area (Å²) in [7, 11) is 0. The van der Waals surface area contributed by atoms with Gasteiger partial charge < -0.3 is 5.32 Å². The van der Waals surface area contributed by atoms with Crippen molar-refractivity contribution in [2.45, 2.75) is 24.2 Å². The number of halogens is 13. The van der Waals surface area contributed by atoms with Crippen molar-refractivity contribution in [3.8, 4) is 6.07 Å². The van der Waals surface area contributed by atoms with E-state index in [0.717, 1.165) is 18.3 Å². The molecule has 228 valence electrons. The molecule has 0 fully saturated rings. The SMILES string of the molecule is N#Cc1ccc(C(=O)N(Br)c2ccc(C(F)(C(F)(F)F)C(F)(F)F)cc2C(F)(F)F)c(F)c1NC(=O)c1ccc(Cl)nc1. The highest BCUT2D eigenvalue weighted by atomic mass is 79.9. The van der Waals surface area contributed by atoms with Gasteiger partial charge in [-0.15, -0.1) is 0 Å². The quantitative estimate of drug-likeness (QED) is 0.164. The van der Waals surface area contributed by atoms with Gasteiger partial charge >= 0.3 is 24.2 Å². The van der Waals surface area contributed by atoms with E-state index >= 15 is 4.39 Å². The van der Waals surface area contributed by atoms with E-state index in [4.69, 9.17) is 11.6 Å². The standard InChI is InChI=1S/C24H9BrClF11N4O2/c25-41(15-5-3-12(7-14(15)22(29,30)31)21(28,23(32,33)34)24(35,36)37)20(43)13-4-1-10(8-38)18(17(13)27)40-19(42)11-2-6-16(26)39-9-11/h1-7,9H,(H,40,42). The van der Waals surface area contributed by atoms with E-state index in [-0.39, 0.29) is 26.8 Å². The molecule has 1 N–H and O–H groups in total. The summed E-state index contributed by atoms with van der Waals surface area (Å²) in [6, 6.07) is 4.07. The second-order valence-corrected chi connectivity index (χ2v) is 9.35. The predicted octanol–water partition coefficient (Wildman–Crippen LogP) is 8.26. The maximum absolute atomic E-state index is 15.4. The Bertz CT molecular complexity index is 1600. The Balaban J connectivity index is 2.11. The van der Waals surface area contributed by atoms with Crippen LogP contribution in [0.15, 0.2) is 48.7 Å². The second-order valence-electron chi connectivity index (χ2n) is 8.25. The summed E-state index contributed by atoms with van der Waals surface area (Å²) >= 11 is 7.99. The third-order valence-electron chi connectivity index (χ3n) is 5.59. The van der Waals surface area contributed by atoms with Crippen LogP contribution in [-0.2, 0) is 11.8 Å². The van der Waals surface area contributed by atoms with E-state index in [1.165, 1.54) is 12.1 Å². The van der Waals surface area contributed by atoms with Gasteiger partial charge in [-0.1, -0.05) is 17.7 Å². The van der Waals surface area contributed by atoms with Crippen LogP contribution in [0.4, 0.5) is 59.7 Å². The maximum atomic E-state index is 15.4. The number of rotatable bonds is 5. The van der Waals surface area contributed by atoms with Crippen molar-refractivity contribution >= 4 is 50.9 Å². The van der Waals surface area contributed by atoms with Crippen LogP contribution >= 0.6 is 27.7 Å². The smallest absolute Gasteiger partial charge is 0.318 e. The average molecular weight is 710 g/mol. The number of pyridine rings is 1. The van der Waals surface area contributed by atoms with Gasteiger partial charge in [-0.05, 0) is 36.4 Å². The summed E-state index contributed by atoms with van der Waals surface area (Å²) in [6.07, 6.45) is -18.3. The Morgan fingerprint density at radius 3 is 2.02 bits per heavy atom. The van der Waals surface area contributed by atoms with Crippen LogP contribution in [0.5, 0.6) is 0 Å². The van der Waals surface area contributed by atoms with Crippen molar-refractivity contribution < 1.29 is 57.9 Å². The first kappa shape index (κ1) is 33.5. The lowest BCUT2D eigenvalue weighted by Crippen LogP contribution is -2.50. The van der Waals surface area contributed by atoms with E-state index in [1.54, 1.807) is 0 Å². The highest BCUT2D eigenvalue weighted by molar-refractivity contribution is 9.10. The molecule has 1 heterocycles. The third-order valence-corrected chi connectivity index (χ3v) is 6.52. The summed E-state index contributed by atoms with van der Waals surface area (Å²) in [6.45, 7) is 0. The van der Waals surface area contributed by atoms with Gasteiger partial charge in [0.15, 0.2) is 5.82 Å². The van der Waals surface area contributed by atoms with Crippen molar-refractivity contribution in [3.05, 3.63) is 87.4 Å². The van der Waals surface area contributed by atoms with Crippen LogP contribution in [0.3, 0.4) is 0 Å². The molecule has 6 nitrogen and oxygen atoms in total. The number of carbonyl (C=O) groups excluding carboxylic acids is 2. The number of anilines is 2. The van der Waals surface area contributed by atoms with Gasteiger partial charge in [-0.2, -0.15) is 44.8 Å². The zero-order chi connectivity index (χ0) is 32.7. The number of hydrogen-bond acceptors (Lipinski definition) is 4. The molecule has 2 amide bonds. The van der Waals surface area contributed by atoms with Crippen molar-refractivity contribution in [3.63, 3.8) is 0 Å². The number of amides is 2. The van der Waals surface area contributed by atoms with Gasteiger partial charge in [0.1, 0.15) is 11.2 Å². The van der Waals surface area contributed by atoms with Crippen molar-refractivity contribution in [1.82, 2.24) is 4.98 Å². The molecule has 0 aliphatic rings. The fraction of sp³-hybridized carbons (Fsp3) is 0.167. The number of aromatic nitrogens is 1. The lowest BCUT2D eigenvalue weighted by atomic mass is 9.92. The van der Waals surface area contributed by atoms with Crippen LogP contribution in [0.1, 0.15) is 37.4 Å². The van der Waals surface area contributed by atoms with Gasteiger partial charge in [-0.3, -0.25) is 9.59 Å². The predicted molar refractivity (Wildman–Crippen MR) is 130 cm³/mol. The van der Waals surface area contributed by atoms with Crippen LogP contribution < -0.4 is 9.24 Å². The Morgan fingerprint density at radius 1 is 0.930 bits per heavy atom. The molecule has 19 heteroatoms. The highest BCUT2D eigenvalue weighted by Crippen LogP contribution is 2.54. The Labute approximate surface area is 246 Å². The van der Waals surface area contributed by atoms with Crippen LogP contribution in [-0.4, -0.2) is 29.2 Å². The molecular formula is C24H9BrClF11N4O2. The molecule has 0 bridgehead atoms. The largest absolute Gasteiger partial charge is 0.435 e. The molecule has 2 aromatic carbocycles. The van der Waals surface area contributed by atoms with Crippen LogP contribution in [0.2, 0.25) is 5.15 Å². The normalized spacial score (nSPS) is 12.5. The maximum Gasteiger partial charge on any atom is 0.435 e. The van der Waals surface area contributed by atoms with E-state index in [0.29, 0.717) is 6.07 Å². The molecule has 43 heavy (non-hydrogen) atoms. The highest BCUT2D eigenvalue weighted by Gasteiger charge is 2.73. The van der Waals surface area contributed by atoms with Gasteiger partial charge in [0.25, 0.3) is 11.8 Å². The van der Waals surface area contributed by atoms with E-state index in [2.05, 4.69) is 21.1 Å². The minimum Gasteiger partial charge on any atom is -0.318 e. The zero-order valence-corrected chi connectivity index (χ0v) is 22.5. The first-order valence-corrected chi connectivity index (χ1v) is 11.9. The van der Waals surface area contributed by atoms with Crippen molar-refractivity contribution in [2.24, 2.45) is 0 Å². The molecule has 0 atom stereocenters. The molecule has 0 unspecified atom stereocenters. The van der Waals surface area contributed by atoms with E-state index in [1.807, 2.05) is 5.32 Å². The van der Waals surface area contributed by atoms with Crippen molar-refractivity contribution in [2.75, 3.05) is 9.24 Å². The molecule has 3 aromatic rings. The average Bonchev–Trinajstić information content (AvgIpc) is 2.91. The second kappa shape index (κ2) is 11.6. The monoisotopic (exact) mass is 708 g/mol. The number of hydrogen-bond donors (Lipinski definition) is 1. The molecular weight excluding hydrogens is 701 g/mol. The summed E-state index contributed by atoms with van der Waals surface area (Å²) < 4.78 is 150. The lowest BCUT2D eigenvalue weighted by Gasteiger charge is -2.31. The molecule has 3 rings (SSSR count). The number of nitriles is 1. The van der Waals surface area contributed by atoms with Gasteiger partial charge in [0.2, 0.25) is 0 Å². The Kier molecular flexibility index (Phi) is 9.04. The minimum atomic E-state index is -6.74.